The standard InChI is InChI=1S/C17H22N2O2/c1-13-8-14(2)10-15(9-13)11-18-16-4-5-17(19-12-16)21-7-6-20-3/h4-5,8-10,12,18H,6-7,11H2,1-3H3. The van der Waals surface area contributed by atoms with Gasteiger partial charge in [0.15, 0.2) is 0 Å². The Bertz CT molecular complexity index is 547. The second-order valence-corrected chi connectivity index (χ2v) is 5.08. The highest BCUT2D eigenvalue weighted by Gasteiger charge is 1.99. The molecule has 2 rings (SSSR count). The monoisotopic (exact) mass is 286 g/mol. The quantitative estimate of drug-likeness (QED) is 0.793. The van der Waals surface area contributed by atoms with Crippen LogP contribution >= 0.6 is 0 Å². The second-order valence-electron chi connectivity index (χ2n) is 5.08. The SMILES string of the molecule is COCCOc1ccc(NCc2cc(C)cc(C)c2)cn1. The van der Waals surface area contributed by atoms with Crippen LogP contribution in [0.1, 0.15) is 16.7 Å². The molecule has 0 amide bonds. The summed E-state index contributed by atoms with van der Waals surface area (Å²) in [7, 11) is 1.65. The van der Waals surface area contributed by atoms with Crippen LogP contribution in [-0.4, -0.2) is 25.3 Å². The average Bonchev–Trinajstić information content (AvgIpc) is 2.46. The largest absolute Gasteiger partial charge is 0.475 e. The van der Waals surface area contributed by atoms with Crippen molar-refractivity contribution in [3.05, 3.63) is 53.2 Å². The zero-order chi connectivity index (χ0) is 15.1. The van der Waals surface area contributed by atoms with Gasteiger partial charge in [0.05, 0.1) is 18.5 Å². The first-order valence-corrected chi connectivity index (χ1v) is 7.06. The Morgan fingerprint density at radius 1 is 1.05 bits per heavy atom. The predicted molar refractivity (Wildman–Crippen MR) is 84.9 cm³/mol. The third-order valence-corrected chi connectivity index (χ3v) is 3.05. The summed E-state index contributed by atoms with van der Waals surface area (Å²) in [6, 6.07) is 10.4. The van der Waals surface area contributed by atoms with Crippen LogP contribution < -0.4 is 10.1 Å². The van der Waals surface area contributed by atoms with E-state index in [2.05, 4.69) is 42.3 Å². The van der Waals surface area contributed by atoms with Crippen molar-refractivity contribution >= 4 is 5.69 Å². The molecule has 0 atom stereocenters. The van der Waals surface area contributed by atoms with Crippen molar-refractivity contribution in [2.45, 2.75) is 20.4 Å². The van der Waals surface area contributed by atoms with Gasteiger partial charge in [0.25, 0.3) is 0 Å². The second kappa shape index (κ2) is 7.64. The van der Waals surface area contributed by atoms with Gasteiger partial charge in [-0.2, -0.15) is 0 Å². The lowest BCUT2D eigenvalue weighted by Crippen LogP contribution is -2.05. The molecule has 2 aromatic rings. The fourth-order valence-electron chi connectivity index (χ4n) is 2.17. The molecule has 1 aromatic carbocycles. The number of pyridine rings is 1. The first kappa shape index (κ1) is 15.3. The molecule has 112 valence electrons. The number of ether oxygens (including phenoxy) is 2. The van der Waals surface area contributed by atoms with Crippen molar-refractivity contribution in [3.8, 4) is 5.88 Å². The normalized spacial score (nSPS) is 10.4. The third kappa shape index (κ3) is 5.08. The highest BCUT2D eigenvalue weighted by molar-refractivity contribution is 5.43. The summed E-state index contributed by atoms with van der Waals surface area (Å²) in [5.41, 5.74) is 4.82. The smallest absolute Gasteiger partial charge is 0.213 e. The lowest BCUT2D eigenvalue weighted by atomic mass is 10.1. The van der Waals surface area contributed by atoms with Crippen LogP contribution in [0, 0.1) is 13.8 Å². The van der Waals surface area contributed by atoms with Crippen LogP contribution in [0.2, 0.25) is 0 Å². The minimum Gasteiger partial charge on any atom is -0.475 e. The zero-order valence-electron chi connectivity index (χ0n) is 12.8. The van der Waals surface area contributed by atoms with Gasteiger partial charge in [0, 0.05) is 19.7 Å². The van der Waals surface area contributed by atoms with Gasteiger partial charge < -0.3 is 14.8 Å². The Morgan fingerprint density at radius 2 is 1.81 bits per heavy atom. The van der Waals surface area contributed by atoms with E-state index in [4.69, 9.17) is 9.47 Å². The van der Waals surface area contributed by atoms with Crippen LogP contribution in [0.5, 0.6) is 5.88 Å². The summed E-state index contributed by atoms with van der Waals surface area (Å²) in [5, 5.41) is 3.37. The maximum absolute atomic E-state index is 5.43. The summed E-state index contributed by atoms with van der Waals surface area (Å²) in [6.45, 7) is 6.09. The molecule has 0 fully saturated rings. The Kier molecular flexibility index (Phi) is 5.58. The topological polar surface area (TPSA) is 43.4 Å². The number of aromatic nitrogens is 1. The Hall–Kier alpha value is -2.07. The molecule has 0 unspecified atom stereocenters. The fourth-order valence-corrected chi connectivity index (χ4v) is 2.17. The van der Waals surface area contributed by atoms with Crippen molar-refractivity contribution in [1.82, 2.24) is 4.98 Å². The van der Waals surface area contributed by atoms with Gasteiger partial charge in [-0.1, -0.05) is 29.3 Å². The van der Waals surface area contributed by atoms with E-state index in [0.29, 0.717) is 19.1 Å². The molecule has 0 aliphatic rings. The van der Waals surface area contributed by atoms with Gasteiger partial charge in [-0.3, -0.25) is 0 Å². The van der Waals surface area contributed by atoms with Gasteiger partial charge in [-0.15, -0.1) is 0 Å². The number of hydrogen-bond donors (Lipinski definition) is 1. The van der Waals surface area contributed by atoms with Crippen molar-refractivity contribution in [1.29, 1.82) is 0 Å². The molecular formula is C17H22N2O2. The van der Waals surface area contributed by atoms with Crippen LogP contribution in [0.25, 0.3) is 0 Å². The van der Waals surface area contributed by atoms with Gasteiger partial charge in [0.2, 0.25) is 5.88 Å². The highest BCUT2D eigenvalue weighted by Crippen LogP contribution is 2.14. The number of methoxy groups -OCH3 is 1. The van der Waals surface area contributed by atoms with Crippen LogP contribution in [0.3, 0.4) is 0 Å². The van der Waals surface area contributed by atoms with E-state index in [1.165, 1.54) is 16.7 Å². The van der Waals surface area contributed by atoms with Crippen LogP contribution in [0.4, 0.5) is 5.69 Å². The zero-order valence-corrected chi connectivity index (χ0v) is 12.8. The van der Waals surface area contributed by atoms with E-state index in [9.17, 15) is 0 Å². The molecule has 0 saturated carbocycles. The van der Waals surface area contributed by atoms with Gasteiger partial charge in [-0.05, 0) is 25.5 Å². The maximum atomic E-state index is 5.43. The van der Waals surface area contributed by atoms with Gasteiger partial charge in [0.1, 0.15) is 6.61 Å². The molecule has 21 heavy (non-hydrogen) atoms. The van der Waals surface area contributed by atoms with E-state index in [1.807, 2.05) is 12.1 Å². The summed E-state index contributed by atoms with van der Waals surface area (Å²) in [6.07, 6.45) is 1.78. The number of hydrogen-bond acceptors (Lipinski definition) is 4. The van der Waals surface area contributed by atoms with Gasteiger partial charge in [-0.25, -0.2) is 4.98 Å². The maximum Gasteiger partial charge on any atom is 0.213 e. The van der Waals surface area contributed by atoms with Gasteiger partial charge >= 0.3 is 0 Å². The van der Waals surface area contributed by atoms with E-state index in [1.54, 1.807) is 13.3 Å². The molecule has 4 nitrogen and oxygen atoms in total. The number of rotatable bonds is 7. The average molecular weight is 286 g/mol. The number of benzene rings is 1. The first-order valence-electron chi connectivity index (χ1n) is 7.06. The molecule has 0 aliphatic carbocycles. The van der Waals surface area contributed by atoms with Crippen molar-refractivity contribution in [2.24, 2.45) is 0 Å². The molecule has 4 heteroatoms. The van der Waals surface area contributed by atoms with Crippen LogP contribution in [0.15, 0.2) is 36.5 Å². The Morgan fingerprint density at radius 3 is 2.43 bits per heavy atom. The summed E-state index contributed by atoms with van der Waals surface area (Å²) >= 11 is 0. The molecule has 1 N–H and O–H groups in total. The molecule has 0 aliphatic heterocycles. The van der Waals surface area contributed by atoms with E-state index in [-0.39, 0.29) is 0 Å². The minimum absolute atomic E-state index is 0.513. The molecule has 0 radical (unpaired) electrons. The molecule has 0 saturated heterocycles. The third-order valence-electron chi connectivity index (χ3n) is 3.05. The molecule has 0 spiro atoms. The molecule has 1 aromatic heterocycles. The first-order chi connectivity index (χ1) is 10.2. The number of nitrogens with one attached hydrogen (secondary N) is 1. The van der Waals surface area contributed by atoms with Crippen molar-refractivity contribution in [3.63, 3.8) is 0 Å². The lowest BCUT2D eigenvalue weighted by Gasteiger charge is -2.09. The predicted octanol–water partition coefficient (Wildman–Crippen LogP) is 3.34. The van der Waals surface area contributed by atoms with E-state index in [0.717, 1.165) is 12.2 Å². The number of anilines is 1. The molecule has 0 bridgehead atoms. The summed E-state index contributed by atoms with van der Waals surface area (Å²) in [5.74, 6) is 0.615. The van der Waals surface area contributed by atoms with Crippen LogP contribution in [-0.2, 0) is 11.3 Å². The summed E-state index contributed by atoms with van der Waals surface area (Å²) in [4.78, 5) is 4.26. The highest BCUT2D eigenvalue weighted by atomic mass is 16.5. The lowest BCUT2D eigenvalue weighted by molar-refractivity contribution is 0.144. The van der Waals surface area contributed by atoms with Crippen molar-refractivity contribution in [2.75, 3.05) is 25.6 Å². The van der Waals surface area contributed by atoms with E-state index < -0.39 is 0 Å². The number of aryl methyl sites for hydroxylation is 2. The number of nitrogens with zero attached hydrogens (tertiary/aromatic N) is 1. The fraction of sp³-hybridized carbons (Fsp3) is 0.353. The van der Waals surface area contributed by atoms with E-state index >= 15 is 0 Å². The van der Waals surface area contributed by atoms with Crippen molar-refractivity contribution < 1.29 is 9.47 Å². The molecule has 1 heterocycles. The Labute approximate surface area is 126 Å². The molecular weight excluding hydrogens is 264 g/mol. The summed E-state index contributed by atoms with van der Waals surface area (Å²) < 4.78 is 10.4. The minimum atomic E-state index is 0.513. The Balaban J connectivity index is 1.88.